The van der Waals surface area contributed by atoms with Gasteiger partial charge in [0.1, 0.15) is 11.5 Å². The Hall–Kier alpha value is -3.35. The zero-order chi connectivity index (χ0) is 17.4. The summed E-state index contributed by atoms with van der Waals surface area (Å²) in [7, 11) is 1.52. The minimum absolute atomic E-state index is 0.165. The normalized spacial score (nSPS) is 10.4. The molecule has 7 heteroatoms. The fourth-order valence-electron chi connectivity index (χ4n) is 1.91. The second-order valence-corrected chi connectivity index (χ2v) is 4.71. The van der Waals surface area contributed by atoms with Crippen LogP contribution in [-0.4, -0.2) is 24.5 Å². The second kappa shape index (κ2) is 8.33. The molecule has 0 saturated carbocycles. The number of carbonyl (C=O) groups excluding carboxylic acids is 1. The van der Waals surface area contributed by atoms with Crippen molar-refractivity contribution in [2.75, 3.05) is 19.0 Å². The lowest BCUT2D eigenvalue weighted by molar-refractivity contribution is -0.400. The molecule has 0 unspecified atom stereocenters. The lowest BCUT2D eigenvalue weighted by Gasteiger charge is -2.10. The number of rotatable bonds is 7. The molecule has 2 aromatic carbocycles. The molecule has 0 aromatic heterocycles. The molecule has 0 spiro atoms. The maximum atomic E-state index is 11.9. The Morgan fingerprint density at radius 1 is 1.21 bits per heavy atom. The van der Waals surface area contributed by atoms with Gasteiger partial charge in [0.15, 0.2) is 6.61 Å². The van der Waals surface area contributed by atoms with Crippen molar-refractivity contribution >= 4 is 17.7 Å². The van der Waals surface area contributed by atoms with Crippen molar-refractivity contribution in [2.45, 2.75) is 0 Å². The smallest absolute Gasteiger partial charge is 0.262 e. The first-order chi connectivity index (χ1) is 11.6. The third kappa shape index (κ3) is 5.13. The van der Waals surface area contributed by atoms with Gasteiger partial charge in [0.05, 0.1) is 17.7 Å². The number of hydrogen-bond donors (Lipinski definition) is 1. The predicted molar refractivity (Wildman–Crippen MR) is 89.6 cm³/mol. The van der Waals surface area contributed by atoms with Gasteiger partial charge in [-0.2, -0.15) is 0 Å². The van der Waals surface area contributed by atoms with Crippen LogP contribution in [0.3, 0.4) is 0 Å². The van der Waals surface area contributed by atoms with Gasteiger partial charge in [-0.25, -0.2) is 0 Å². The number of nitrogens with one attached hydrogen (secondary N) is 1. The predicted octanol–water partition coefficient (Wildman–Crippen LogP) is 2.96. The highest BCUT2D eigenvalue weighted by Crippen LogP contribution is 2.22. The Balaban J connectivity index is 1.88. The van der Waals surface area contributed by atoms with Crippen molar-refractivity contribution in [2.24, 2.45) is 0 Å². The standard InChI is InChI=1S/C17H16N2O5/c1-23-16-5-3-2-4-15(16)18-17(20)12-24-14-8-6-13(7-9-14)10-11-19(21)22/h2-11H,12H2,1H3,(H,18,20). The van der Waals surface area contributed by atoms with E-state index in [1.807, 2.05) is 0 Å². The van der Waals surface area contributed by atoms with E-state index in [-0.39, 0.29) is 12.5 Å². The largest absolute Gasteiger partial charge is 0.495 e. The molecular formula is C17H16N2O5. The van der Waals surface area contributed by atoms with Gasteiger partial charge < -0.3 is 14.8 Å². The number of para-hydroxylation sites is 2. The molecule has 2 aromatic rings. The number of amides is 1. The summed E-state index contributed by atoms with van der Waals surface area (Å²) in [6, 6.07) is 13.7. The van der Waals surface area contributed by atoms with Gasteiger partial charge in [0.25, 0.3) is 5.91 Å². The number of benzene rings is 2. The molecular weight excluding hydrogens is 312 g/mol. The molecule has 0 atom stereocenters. The summed E-state index contributed by atoms with van der Waals surface area (Å²) < 4.78 is 10.5. The molecule has 1 N–H and O–H groups in total. The summed E-state index contributed by atoms with van der Waals surface area (Å²) in [5.74, 6) is 0.730. The minimum Gasteiger partial charge on any atom is -0.495 e. The summed E-state index contributed by atoms with van der Waals surface area (Å²) in [6.07, 6.45) is 2.23. The first-order valence-electron chi connectivity index (χ1n) is 7.06. The third-order valence-electron chi connectivity index (χ3n) is 3.02. The topological polar surface area (TPSA) is 90.7 Å². The molecule has 0 aliphatic heterocycles. The van der Waals surface area contributed by atoms with Crippen LogP contribution >= 0.6 is 0 Å². The van der Waals surface area contributed by atoms with E-state index in [1.165, 1.54) is 13.2 Å². The van der Waals surface area contributed by atoms with Gasteiger partial charge in [0.2, 0.25) is 6.20 Å². The van der Waals surface area contributed by atoms with Crippen molar-refractivity contribution in [3.63, 3.8) is 0 Å². The van der Waals surface area contributed by atoms with Crippen molar-refractivity contribution in [1.29, 1.82) is 0 Å². The summed E-state index contributed by atoms with van der Waals surface area (Å²) in [4.78, 5) is 21.6. The Labute approximate surface area is 138 Å². The molecule has 0 bridgehead atoms. The van der Waals surface area contributed by atoms with Crippen LogP contribution < -0.4 is 14.8 Å². The zero-order valence-corrected chi connectivity index (χ0v) is 13.0. The number of anilines is 1. The number of nitro groups is 1. The highest BCUT2D eigenvalue weighted by atomic mass is 16.6. The van der Waals surface area contributed by atoms with E-state index in [9.17, 15) is 14.9 Å². The van der Waals surface area contributed by atoms with Gasteiger partial charge in [-0.3, -0.25) is 14.9 Å². The molecule has 0 heterocycles. The van der Waals surface area contributed by atoms with Gasteiger partial charge >= 0.3 is 0 Å². The maximum Gasteiger partial charge on any atom is 0.262 e. The Bertz CT molecular complexity index is 741. The summed E-state index contributed by atoms with van der Waals surface area (Å²) in [5, 5.41) is 13.0. The average molecular weight is 328 g/mol. The lowest BCUT2D eigenvalue weighted by atomic mass is 10.2. The first-order valence-corrected chi connectivity index (χ1v) is 7.06. The van der Waals surface area contributed by atoms with Crippen LogP contribution in [-0.2, 0) is 4.79 Å². The van der Waals surface area contributed by atoms with Crippen LogP contribution in [0.25, 0.3) is 6.08 Å². The third-order valence-corrected chi connectivity index (χ3v) is 3.02. The number of nitrogens with zero attached hydrogens (tertiary/aromatic N) is 1. The van der Waals surface area contributed by atoms with Crippen LogP contribution in [0.4, 0.5) is 5.69 Å². The van der Waals surface area contributed by atoms with Crippen molar-refractivity contribution in [1.82, 2.24) is 0 Å². The van der Waals surface area contributed by atoms with Crippen LogP contribution in [0, 0.1) is 10.1 Å². The van der Waals surface area contributed by atoms with Crippen molar-refractivity contribution in [3.8, 4) is 11.5 Å². The summed E-state index contributed by atoms with van der Waals surface area (Å²) in [5.41, 5.74) is 1.23. The van der Waals surface area contributed by atoms with Gasteiger partial charge in [-0.1, -0.05) is 24.3 Å². The van der Waals surface area contributed by atoms with E-state index >= 15 is 0 Å². The fourth-order valence-corrected chi connectivity index (χ4v) is 1.91. The number of methoxy groups -OCH3 is 1. The molecule has 0 aliphatic carbocycles. The molecule has 2 rings (SSSR count). The van der Waals surface area contributed by atoms with Gasteiger partial charge in [-0.15, -0.1) is 0 Å². The van der Waals surface area contributed by atoms with Crippen LogP contribution in [0.1, 0.15) is 5.56 Å². The highest BCUT2D eigenvalue weighted by molar-refractivity contribution is 5.93. The van der Waals surface area contributed by atoms with Gasteiger partial charge in [0, 0.05) is 6.08 Å². The van der Waals surface area contributed by atoms with Crippen LogP contribution in [0.5, 0.6) is 11.5 Å². The molecule has 0 aliphatic rings. The summed E-state index contributed by atoms with van der Waals surface area (Å²) in [6.45, 7) is -0.165. The Morgan fingerprint density at radius 3 is 2.58 bits per heavy atom. The summed E-state index contributed by atoms with van der Waals surface area (Å²) >= 11 is 0. The molecule has 1 amide bonds. The average Bonchev–Trinajstić information content (AvgIpc) is 2.59. The molecule has 124 valence electrons. The van der Waals surface area contributed by atoms with E-state index in [4.69, 9.17) is 9.47 Å². The molecule has 0 radical (unpaired) electrons. The Kier molecular flexibility index (Phi) is 5.90. The zero-order valence-electron chi connectivity index (χ0n) is 13.0. The van der Waals surface area contributed by atoms with E-state index in [0.29, 0.717) is 22.7 Å². The maximum absolute atomic E-state index is 11.9. The van der Waals surface area contributed by atoms with E-state index in [2.05, 4.69) is 5.32 Å². The molecule has 0 fully saturated rings. The van der Waals surface area contributed by atoms with Crippen LogP contribution in [0.2, 0.25) is 0 Å². The highest BCUT2D eigenvalue weighted by Gasteiger charge is 2.07. The SMILES string of the molecule is COc1ccccc1NC(=O)COc1ccc(C=C[N+](=O)[O-])cc1. The van der Waals surface area contributed by atoms with Crippen LogP contribution in [0.15, 0.2) is 54.7 Å². The van der Waals surface area contributed by atoms with E-state index in [1.54, 1.807) is 48.5 Å². The van der Waals surface area contributed by atoms with E-state index in [0.717, 1.165) is 6.20 Å². The fraction of sp³-hybridized carbons (Fsp3) is 0.118. The quantitative estimate of drug-likeness (QED) is 0.623. The second-order valence-electron chi connectivity index (χ2n) is 4.71. The number of ether oxygens (including phenoxy) is 2. The molecule has 0 saturated heterocycles. The number of hydrogen-bond acceptors (Lipinski definition) is 5. The lowest BCUT2D eigenvalue weighted by Crippen LogP contribution is -2.20. The van der Waals surface area contributed by atoms with Crippen molar-refractivity contribution in [3.05, 3.63) is 70.4 Å². The minimum atomic E-state index is -0.535. The molecule has 24 heavy (non-hydrogen) atoms. The number of carbonyl (C=O) groups is 1. The van der Waals surface area contributed by atoms with Gasteiger partial charge in [-0.05, 0) is 29.8 Å². The van der Waals surface area contributed by atoms with E-state index < -0.39 is 4.92 Å². The first kappa shape index (κ1) is 17.0. The molecule has 7 nitrogen and oxygen atoms in total. The van der Waals surface area contributed by atoms with Crippen molar-refractivity contribution < 1.29 is 19.2 Å². The monoisotopic (exact) mass is 328 g/mol. The Morgan fingerprint density at radius 2 is 1.92 bits per heavy atom.